The quantitative estimate of drug-likeness (QED) is 0.343. The molecule has 1 saturated heterocycles. The van der Waals surface area contributed by atoms with E-state index in [-0.39, 0.29) is 28.6 Å². The molecule has 2 aliphatic rings. The summed E-state index contributed by atoms with van der Waals surface area (Å²) in [6.45, 7) is 0. The SMILES string of the molecule is O=C(CSc1ccncc1)N[C@@H]1C(=O)N2C(C(=O)S)=C(c3ncn[nH]3)CS[C@H]12. The van der Waals surface area contributed by atoms with Gasteiger partial charge in [-0.3, -0.25) is 29.4 Å². The molecule has 4 rings (SSSR count). The monoisotopic (exact) mass is 434 g/mol. The first-order valence-corrected chi connectivity index (χ1v) is 10.6. The summed E-state index contributed by atoms with van der Waals surface area (Å²) < 4.78 is 0. The number of thiol groups is 1. The molecule has 9 nitrogen and oxygen atoms in total. The van der Waals surface area contributed by atoms with Crippen LogP contribution in [0.4, 0.5) is 0 Å². The van der Waals surface area contributed by atoms with Crippen LogP contribution >= 0.6 is 36.2 Å². The van der Waals surface area contributed by atoms with Gasteiger partial charge < -0.3 is 5.32 Å². The molecule has 0 spiro atoms. The Morgan fingerprint density at radius 3 is 2.86 bits per heavy atom. The lowest BCUT2D eigenvalue weighted by atomic mass is 10.0. The van der Waals surface area contributed by atoms with E-state index in [1.54, 1.807) is 12.4 Å². The number of H-pyrrole nitrogens is 1. The van der Waals surface area contributed by atoms with Crippen molar-refractivity contribution >= 4 is 58.7 Å². The van der Waals surface area contributed by atoms with Crippen LogP contribution in [0.25, 0.3) is 5.57 Å². The highest BCUT2D eigenvalue weighted by molar-refractivity contribution is 8.00. The fourth-order valence-electron chi connectivity index (χ4n) is 2.95. The molecule has 2 aliphatic heterocycles. The van der Waals surface area contributed by atoms with Gasteiger partial charge in [0, 0.05) is 28.6 Å². The molecule has 2 N–H and O–H groups in total. The standard InChI is InChI=1S/C16H14N6O3S3/c23-10(6-27-8-1-3-17-4-2-8)20-11-14(24)22-12(16(25)26)9(5-28-15(11)22)13-18-7-19-21-13/h1-4,7,11,15H,5-6H2,(H,20,23)(H,25,26)(H,18,19,21)/t11-,15-/m1/s1. The van der Waals surface area contributed by atoms with Crippen molar-refractivity contribution in [2.45, 2.75) is 16.3 Å². The maximum absolute atomic E-state index is 12.7. The minimum absolute atomic E-state index is 0.183. The van der Waals surface area contributed by atoms with Crippen molar-refractivity contribution in [2.24, 2.45) is 0 Å². The van der Waals surface area contributed by atoms with E-state index in [1.165, 1.54) is 34.8 Å². The van der Waals surface area contributed by atoms with Gasteiger partial charge in [0.25, 0.3) is 5.91 Å². The number of β-lactam (4-membered cyclic amide) rings is 1. The second-order valence-electron chi connectivity index (χ2n) is 5.89. The van der Waals surface area contributed by atoms with E-state index in [9.17, 15) is 14.4 Å². The summed E-state index contributed by atoms with van der Waals surface area (Å²) in [5, 5.41) is 8.39. The Labute approximate surface area is 173 Å². The van der Waals surface area contributed by atoms with Gasteiger partial charge in [-0.1, -0.05) is 12.6 Å². The summed E-state index contributed by atoms with van der Waals surface area (Å²) in [6, 6.07) is 2.95. The van der Waals surface area contributed by atoms with Crippen LogP contribution in [0.2, 0.25) is 0 Å². The fraction of sp³-hybridized carbons (Fsp3) is 0.250. The molecule has 12 heteroatoms. The second-order valence-corrected chi connectivity index (χ2v) is 8.45. The number of rotatable bonds is 6. The van der Waals surface area contributed by atoms with Gasteiger partial charge >= 0.3 is 0 Å². The lowest BCUT2D eigenvalue weighted by Crippen LogP contribution is -2.70. The first kappa shape index (κ1) is 19.0. The van der Waals surface area contributed by atoms with Gasteiger partial charge in [0.15, 0.2) is 5.82 Å². The second kappa shape index (κ2) is 7.97. The van der Waals surface area contributed by atoms with Crippen molar-refractivity contribution in [3.63, 3.8) is 0 Å². The maximum Gasteiger partial charge on any atom is 0.253 e. The summed E-state index contributed by atoms with van der Waals surface area (Å²) >= 11 is 6.73. The van der Waals surface area contributed by atoms with Crippen LogP contribution in [-0.2, 0) is 14.4 Å². The van der Waals surface area contributed by atoms with E-state index in [0.717, 1.165) is 4.90 Å². The van der Waals surface area contributed by atoms with Crippen molar-refractivity contribution in [1.82, 2.24) is 30.4 Å². The summed E-state index contributed by atoms with van der Waals surface area (Å²) in [5.41, 5.74) is 0.760. The Bertz CT molecular complexity index is 950. The number of carbonyl (C=O) groups excluding carboxylic acids is 3. The third-order valence-corrected chi connectivity index (χ3v) is 6.71. The normalized spacial score (nSPS) is 21.2. The minimum Gasteiger partial charge on any atom is -0.341 e. The van der Waals surface area contributed by atoms with E-state index >= 15 is 0 Å². The predicted molar refractivity (Wildman–Crippen MR) is 107 cm³/mol. The number of nitrogens with one attached hydrogen (secondary N) is 2. The van der Waals surface area contributed by atoms with Gasteiger partial charge in [-0.25, -0.2) is 4.98 Å². The fourth-order valence-corrected chi connectivity index (χ4v) is 5.23. The number of fused-ring (bicyclic) bond motifs is 1. The molecule has 2 aromatic heterocycles. The molecular weight excluding hydrogens is 420 g/mol. The topological polar surface area (TPSA) is 121 Å². The average Bonchev–Trinajstić information content (AvgIpc) is 3.24. The van der Waals surface area contributed by atoms with Crippen LogP contribution in [0.5, 0.6) is 0 Å². The van der Waals surface area contributed by atoms with Gasteiger partial charge in [0.2, 0.25) is 11.0 Å². The van der Waals surface area contributed by atoms with Crippen LogP contribution < -0.4 is 5.32 Å². The third kappa shape index (κ3) is 3.54. The molecule has 28 heavy (non-hydrogen) atoms. The van der Waals surface area contributed by atoms with Crippen LogP contribution in [0, 0.1) is 0 Å². The van der Waals surface area contributed by atoms with E-state index in [2.05, 4.69) is 38.1 Å². The predicted octanol–water partition coefficient (Wildman–Crippen LogP) is 0.559. The number of hydrogen-bond donors (Lipinski definition) is 3. The number of aromatic amines is 1. The van der Waals surface area contributed by atoms with Crippen molar-refractivity contribution in [3.8, 4) is 0 Å². The van der Waals surface area contributed by atoms with Gasteiger partial charge in [0.1, 0.15) is 23.4 Å². The Morgan fingerprint density at radius 1 is 1.39 bits per heavy atom. The summed E-state index contributed by atoms with van der Waals surface area (Å²) in [7, 11) is 0. The Hall–Kier alpha value is -2.31. The van der Waals surface area contributed by atoms with Crippen LogP contribution in [0.1, 0.15) is 5.82 Å². The number of pyridine rings is 1. The molecule has 2 atom stereocenters. The summed E-state index contributed by atoms with van der Waals surface area (Å²) in [5.74, 6) is 0.474. The van der Waals surface area contributed by atoms with Gasteiger partial charge in [-0.15, -0.1) is 23.5 Å². The Morgan fingerprint density at radius 2 is 2.18 bits per heavy atom. The van der Waals surface area contributed by atoms with E-state index in [1.807, 2.05) is 12.1 Å². The summed E-state index contributed by atoms with van der Waals surface area (Å²) in [6.07, 6.45) is 4.64. The summed E-state index contributed by atoms with van der Waals surface area (Å²) in [4.78, 5) is 47.3. The smallest absolute Gasteiger partial charge is 0.253 e. The zero-order chi connectivity index (χ0) is 19.7. The average molecular weight is 435 g/mol. The molecule has 4 heterocycles. The largest absolute Gasteiger partial charge is 0.341 e. The third-order valence-electron chi connectivity index (χ3n) is 4.21. The molecule has 144 valence electrons. The lowest BCUT2D eigenvalue weighted by Gasteiger charge is -2.49. The molecule has 0 aromatic carbocycles. The van der Waals surface area contributed by atoms with E-state index < -0.39 is 11.2 Å². The number of carbonyl (C=O) groups is 3. The minimum atomic E-state index is -0.672. The highest BCUT2D eigenvalue weighted by atomic mass is 32.2. The zero-order valence-corrected chi connectivity index (χ0v) is 16.8. The Balaban J connectivity index is 1.44. The van der Waals surface area contributed by atoms with Crippen molar-refractivity contribution in [1.29, 1.82) is 0 Å². The van der Waals surface area contributed by atoms with Gasteiger partial charge in [0.05, 0.1) is 5.75 Å². The highest BCUT2D eigenvalue weighted by Crippen LogP contribution is 2.43. The molecule has 1 fully saturated rings. The number of hydrogen-bond acceptors (Lipinski definition) is 8. The van der Waals surface area contributed by atoms with Crippen molar-refractivity contribution in [3.05, 3.63) is 42.4 Å². The van der Waals surface area contributed by atoms with Crippen LogP contribution in [0.3, 0.4) is 0 Å². The Kier molecular flexibility index (Phi) is 5.42. The molecular formula is C16H14N6O3S3. The van der Waals surface area contributed by atoms with E-state index in [0.29, 0.717) is 17.2 Å². The molecule has 2 aromatic rings. The molecule has 0 radical (unpaired) electrons. The molecule has 0 unspecified atom stereocenters. The van der Waals surface area contributed by atoms with Crippen molar-refractivity contribution in [2.75, 3.05) is 11.5 Å². The molecule has 0 aliphatic carbocycles. The molecule has 2 amide bonds. The van der Waals surface area contributed by atoms with Crippen LogP contribution in [-0.4, -0.2) is 64.9 Å². The van der Waals surface area contributed by atoms with E-state index in [4.69, 9.17) is 0 Å². The number of thioether (sulfide) groups is 2. The number of nitrogens with zero attached hydrogens (tertiary/aromatic N) is 4. The zero-order valence-electron chi connectivity index (χ0n) is 14.2. The maximum atomic E-state index is 12.7. The lowest BCUT2D eigenvalue weighted by molar-refractivity contribution is -0.146. The molecule has 0 saturated carbocycles. The van der Waals surface area contributed by atoms with Gasteiger partial charge in [-0.2, -0.15) is 5.10 Å². The van der Waals surface area contributed by atoms with Crippen molar-refractivity contribution < 1.29 is 14.4 Å². The van der Waals surface area contributed by atoms with Gasteiger partial charge in [-0.05, 0) is 12.1 Å². The first-order chi connectivity index (χ1) is 13.6. The number of amides is 2. The number of aromatic nitrogens is 4. The van der Waals surface area contributed by atoms with Crippen LogP contribution in [0.15, 0.2) is 41.4 Å². The molecule has 0 bridgehead atoms. The highest BCUT2D eigenvalue weighted by Gasteiger charge is 2.54. The first-order valence-electron chi connectivity index (χ1n) is 8.15.